The molecule has 2 saturated carbocycles. The molecule has 0 radical (unpaired) electrons. The second-order valence-electron chi connectivity index (χ2n) is 6.45. The molecule has 2 aliphatic rings. The van der Waals surface area contributed by atoms with Crippen molar-refractivity contribution in [2.75, 3.05) is 6.61 Å². The summed E-state index contributed by atoms with van der Waals surface area (Å²) < 4.78 is 4.80. The van der Waals surface area contributed by atoms with Gasteiger partial charge in [0.05, 0.1) is 6.10 Å². The van der Waals surface area contributed by atoms with E-state index in [2.05, 4.69) is 11.9 Å². The van der Waals surface area contributed by atoms with Crippen LogP contribution in [0.3, 0.4) is 0 Å². The molecule has 0 aromatic carbocycles. The third kappa shape index (κ3) is 3.94. The summed E-state index contributed by atoms with van der Waals surface area (Å²) >= 11 is 0. The van der Waals surface area contributed by atoms with Crippen LogP contribution in [0.5, 0.6) is 0 Å². The molecule has 0 aromatic rings. The van der Waals surface area contributed by atoms with Crippen molar-refractivity contribution in [2.24, 2.45) is 17.8 Å². The number of hydrogen-bond acceptors (Lipinski definition) is 5. The quantitative estimate of drug-likeness (QED) is 0.440. The van der Waals surface area contributed by atoms with Gasteiger partial charge in [-0.25, -0.2) is 4.79 Å². The van der Waals surface area contributed by atoms with E-state index in [-0.39, 0.29) is 30.2 Å². The smallest absolute Gasteiger partial charge is 0.333 e. The molecule has 122 valence electrons. The van der Waals surface area contributed by atoms with Crippen molar-refractivity contribution in [1.82, 2.24) is 5.32 Å². The third-order valence-electron chi connectivity index (χ3n) is 4.67. The Kier molecular flexibility index (Phi) is 5.34. The van der Waals surface area contributed by atoms with E-state index < -0.39 is 11.9 Å². The Hall–Kier alpha value is -1.69. The summed E-state index contributed by atoms with van der Waals surface area (Å²) in [5, 5.41) is 12.5. The van der Waals surface area contributed by atoms with Crippen molar-refractivity contribution in [3.63, 3.8) is 0 Å². The van der Waals surface area contributed by atoms with Gasteiger partial charge in [-0.1, -0.05) is 6.58 Å². The van der Waals surface area contributed by atoms with Crippen LogP contribution in [0.25, 0.3) is 0 Å². The number of aliphatic hydroxyl groups excluding tert-OH is 1. The zero-order valence-electron chi connectivity index (χ0n) is 12.8. The molecule has 6 heteroatoms. The van der Waals surface area contributed by atoms with E-state index in [0.717, 1.165) is 19.1 Å². The van der Waals surface area contributed by atoms with Crippen molar-refractivity contribution in [2.45, 2.75) is 44.8 Å². The zero-order chi connectivity index (χ0) is 16.3. The number of aliphatic hydroxyl groups is 1. The highest BCUT2D eigenvalue weighted by atomic mass is 16.5. The highest BCUT2D eigenvalue weighted by molar-refractivity contribution is 5.89. The van der Waals surface area contributed by atoms with Crippen LogP contribution in [0.1, 0.15) is 32.6 Å². The molecule has 0 aromatic heterocycles. The molecule has 2 fully saturated rings. The molecule has 1 amide bonds. The van der Waals surface area contributed by atoms with Gasteiger partial charge in [0.25, 0.3) is 5.91 Å². The lowest BCUT2D eigenvalue weighted by Crippen LogP contribution is -2.47. The molecule has 0 aliphatic heterocycles. The van der Waals surface area contributed by atoms with Gasteiger partial charge in [0.15, 0.2) is 6.61 Å². The van der Waals surface area contributed by atoms with E-state index in [0.29, 0.717) is 24.7 Å². The number of nitrogens with one attached hydrogen (secondary N) is 1. The van der Waals surface area contributed by atoms with E-state index >= 15 is 0 Å². The first-order chi connectivity index (χ1) is 10.4. The summed E-state index contributed by atoms with van der Waals surface area (Å²) in [6.07, 6.45) is 3.44. The lowest BCUT2D eigenvalue weighted by molar-refractivity contribution is -0.145. The van der Waals surface area contributed by atoms with E-state index in [1.807, 2.05) is 0 Å². The number of aldehydes is 1. The molecule has 2 N–H and O–H groups in total. The van der Waals surface area contributed by atoms with E-state index in [1.165, 1.54) is 6.92 Å². The number of esters is 1. The minimum atomic E-state index is -0.607. The van der Waals surface area contributed by atoms with Gasteiger partial charge in [0.1, 0.15) is 6.29 Å². The molecule has 5 unspecified atom stereocenters. The summed E-state index contributed by atoms with van der Waals surface area (Å²) in [4.78, 5) is 34.4. The number of fused-ring (bicyclic) bond motifs is 1. The van der Waals surface area contributed by atoms with Crippen LogP contribution in [0, 0.1) is 17.8 Å². The van der Waals surface area contributed by atoms with Gasteiger partial charge in [0, 0.05) is 17.5 Å². The van der Waals surface area contributed by atoms with Crippen LogP contribution in [0.4, 0.5) is 0 Å². The highest BCUT2D eigenvalue weighted by Gasteiger charge is 2.42. The van der Waals surface area contributed by atoms with Crippen molar-refractivity contribution in [1.29, 1.82) is 0 Å². The Balaban J connectivity index is 1.87. The minimum absolute atomic E-state index is 0.235. The van der Waals surface area contributed by atoms with Crippen molar-refractivity contribution in [3.8, 4) is 0 Å². The second-order valence-corrected chi connectivity index (χ2v) is 6.45. The summed E-state index contributed by atoms with van der Waals surface area (Å²) in [7, 11) is 0. The normalized spacial score (nSPS) is 33.6. The third-order valence-corrected chi connectivity index (χ3v) is 4.67. The Bertz CT molecular complexity index is 475. The molecular weight excluding hydrogens is 286 g/mol. The topological polar surface area (TPSA) is 92.7 Å². The molecule has 2 rings (SSSR count). The van der Waals surface area contributed by atoms with Crippen LogP contribution in [0.15, 0.2) is 12.2 Å². The molecule has 0 saturated heterocycles. The average Bonchev–Trinajstić information content (AvgIpc) is 2.82. The number of carbonyl (C=O) groups is 3. The fourth-order valence-corrected chi connectivity index (χ4v) is 3.59. The molecule has 0 bridgehead atoms. The molecule has 5 atom stereocenters. The molecular formula is C16H23NO5. The summed E-state index contributed by atoms with van der Waals surface area (Å²) in [5.41, 5.74) is 0.235. The van der Waals surface area contributed by atoms with E-state index in [1.54, 1.807) is 0 Å². The van der Waals surface area contributed by atoms with Gasteiger partial charge in [-0.05, 0) is 44.4 Å². The molecule has 2 aliphatic carbocycles. The van der Waals surface area contributed by atoms with Gasteiger partial charge in [0.2, 0.25) is 0 Å². The molecule has 0 spiro atoms. The maximum Gasteiger partial charge on any atom is 0.333 e. The first-order valence-corrected chi connectivity index (χ1v) is 7.66. The van der Waals surface area contributed by atoms with Crippen LogP contribution in [-0.4, -0.2) is 42.0 Å². The van der Waals surface area contributed by atoms with Crippen molar-refractivity contribution in [3.05, 3.63) is 12.2 Å². The number of ether oxygens (including phenoxy) is 1. The van der Waals surface area contributed by atoms with Gasteiger partial charge < -0.3 is 20.0 Å². The number of rotatable bonds is 5. The summed E-state index contributed by atoms with van der Waals surface area (Å²) in [5.74, 6) is -0.561. The number of amides is 1. The van der Waals surface area contributed by atoms with Crippen molar-refractivity contribution < 1.29 is 24.2 Å². The zero-order valence-corrected chi connectivity index (χ0v) is 12.8. The standard InChI is InChI=1S/C16H23NO5/c1-9(2)16(21)22-8-15(20)17-14-6-11-5-13(19)4-10(11)3-12(14)7-18/h7,10-14,19H,1,3-6,8H2,2H3,(H,17,20). The summed E-state index contributed by atoms with van der Waals surface area (Å²) in [6, 6.07) is -0.250. The first kappa shape index (κ1) is 16.7. The molecule has 22 heavy (non-hydrogen) atoms. The predicted molar refractivity (Wildman–Crippen MR) is 78.7 cm³/mol. The lowest BCUT2D eigenvalue weighted by atomic mass is 9.73. The monoisotopic (exact) mass is 309 g/mol. The van der Waals surface area contributed by atoms with Crippen LogP contribution >= 0.6 is 0 Å². The minimum Gasteiger partial charge on any atom is -0.452 e. The number of hydrogen-bond donors (Lipinski definition) is 2. The largest absolute Gasteiger partial charge is 0.452 e. The fraction of sp³-hybridized carbons (Fsp3) is 0.688. The Morgan fingerprint density at radius 2 is 1.91 bits per heavy atom. The van der Waals surface area contributed by atoms with Gasteiger partial charge >= 0.3 is 5.97 Å². The predicted octanol–water partition coefficient (Wildman–Crippen LogP) is 0.586. The van der Waals surface area contributed by atoms with Crippen LogP contribution in [0.2, 0.25) is 0 Å². The van der Waals surface area contributed by atoms with Crippen LogP contribution < -0.4 is 5.32 Å². The Morgan fingerprint density at radius 1 is 1.27 bits per heavy atom. The van der Waals surface area contributed by atoms with Gasteiger partial charge in [-0.15, -0.1) is 0 Å². The highest BCUT2D eigenvalue weighted by Crippen LogP contribution is 2.44. The first-order valence-electron chi connectivity index (χ1n) is 7.66. The SMILES string of the molecule is C=C(C)C(=O)OCC(=O)NC1CC2CC(O)CC2CC1C=O. The van der Waals surface area contributed by atoms with Crippen LogP contribution in [-0.2, 0) is 19.1 Å². The maximum atomic E-state index is 11.9. The maximum absolute atomic E-state index is 11.9. The molecule has 6 nitrogen and oxygen atoms in total. The van der Waals surface area contributed by atoms with E-state index in [4.69, 9.17) is 4.74 Å². The van der Waals surface area contributed by atoms with Crippen molar-refractivity contribution >= 4 is 18.2 Å². The summed E-state index contributed by atoms with van der Waals surface area (Å²) in [6.45, 7) is 4.58. The Morgan fingerprint density at radius 3 is 2.50 bits per heavy atom. The van der Waals surface area contributed by atoms with Gasteiger partial charge in [-0.2, -0.15) is 0 Å². The number of carbonyl (C=O) groups excluding carboxylic acids is 3. The second kappa shape index (κ2) is 7.05. The molecule has 0 heterocycles. The van der Waals surface area contributed by atoms with E-state index in [9.17, 15) is 19.5 Å². The fourth-order valence-electron chi connectivity index (χ4n) is 3.59. The van der Waals surface area contributed by atoms with Gasteiger partial charge in [-0.3, -0.25) is 4.79 Å². The average molecular weight is 309 g/mol. The Labute approximate surface area is 129 Å². The lowest BCUT2D eigenvalue weighted by Gasteiger charge is -2.36.